The second kappa shape index (κ2) is 10.1. The van der Waals surface area contributed by atoms with Gasteiger partial charge < -0.3 is 9.47 Å². The van der Waals surface area contributed by atoms with Gasteiger partial charge in [-0.1, -0.05) is 5.11 Å². The van der Waals surface area contributed by atoms with Crippen LogP contribution in [0.15, 0.2) is 57.8 Å². The predicted octanol–water partition coefficient (Wildman–Crippen LogP) is 4.70. The molecule has 0 saturated carbocycles. The average molecular weight is 385 g/mol. The zero-order chi connectivity index (χ0) is 20.4. The molecule has 0 saturated heterocycles. The molecule has 2 aromatic rings. The summed E-state index contributed by atoms with van der Waals surface area (Å²) in [4.78, 5) is 24.6. The molecule has 28 heavy (non-hydrogen) atoms. The van der Waals surface area contributed by atoms with Gasteiger partial charge in [-0.05, 0) is 29.8 Å². The minimum atomic E-state index is -0.757. The van der Waals surface area contributed by atoms with Gasteiger partial charge in [0.1, 0.15) is 12.4 Å². The zero-order valence-electron chi connectivity index (χ0n) is 14.7. The van der Waals surface area contributed by atoms with Crippen LogP contribution in [0.1, 0.15) is 5.56 Å². The Kier molecular flexibility index (Phi) is 7.25. The lowest BCUT2D eigenvalue weighted by Gasteiger charge is -2.11. The van der Waals surface area contributed by atoms with E-state index in [0.717, 1.165) is 0 Å². The topological polar surface area (TPSA) is 164 Å². The van der Waals surface area contributed by atoms with Crippen molar-refractivity contribution in [1.82, 2.24) is 0 Å². The Morgan fingerprint density at radius 3 is 2.68 bits per heavy atom. The molecule has 0 radical (unpaired) electrons. The number of nitro benzene ring substituents is 1. The fraction of sp³-hybridized carbons (Fsp3) is 0.188. The smallest absolute Gasteiger partial charge is 0.411 e. The molecular formula is C16H15N7O5. The third-order valence-electron chi connectivity index (χ3n) is 3.29. The van der Waals surface area contributed by atoms with Gasteiger partial charge in [0.2, 0.25) is 0 Å². The predicted molar refractivity (Wildman–Crippen MR) is 98.4 cm³/mol. The summed E-state index contributed by atoms with van der Waals surface area (Å²) >= 11 is 0. The maximum absolute atomic E-state index is 11.9. The molecule has 0 fully saturated rings. The molecule has 0 heterocycles. The van der Waals surface area contributed by atoms with Gasteiger partial charge >= 0.3 is 6.09 Å². The number of carbonyl (C=O) groups is 1. The number of nitro groups is 1. The molecule has 0 unspecified atom stereocenters. The van der Waals surface area contributed by atoms with Crippen molar-refractivity contribution < 1.29 is 19.2 Å². The van der Waals surface area contributed by atoms with Gasteiger partial charge in [0, 0.05) is 41.4 Å². The third-order valence-corrected chi connectivity index (χ3v) is 3.29. The number of hydrogen-bond acceptors (Lipinski definition) is 8. The fourth-order valence-corrected chi connectivity index (χ4v) is 2.06. The van der Waals surface area contributed by atoms with Crippen molar-refractivity contribution in [1.29, 1.82) is 0 Å². The lowest BCUT2D eigenvalue weighted by atomic mass is 10.2. The van der Waals surface area contributed by atoms with Crippen LogP contribution >= 0.6 is 0 Å². The fourth-order valence-electron chi connectivity index (χ4n) is 2.06. The van der Waals surface area contributed by atoms with E-state index >= 15 is 0 Å². The number of amides is 1. The van der Waals surface area contributed by atoms with E-state index in [4.69, 9.17) is 15.0 Å². The molecule has 0 aliphatic heterocycles. The van der Waals surface area contributed by atoms with Crippen LogP contribution in [-0.4, -0.2) is 24.8 Å². The van der Waals surface area contributed by atoms with E-state index in [1.165, 1.54) is 31.3 Å². The average Bonchev–Trinajstić information content (AvgIpc) is 2.68. The lowest BCUT2D eigenvalue weighted by Crippen LogP contribution is -2.14. The first-order chi connectivity index (χ1) is 13.5. The summed E-state index contributed by atoms with van der Waals surface area (Å²) in [6.07, 6.45) is -0.757. The Hall–Kier alpha value is -4.18. The quantitative estimate of drug-likeness (QED) is 0.228. The number of nitrogens with zero attached hydrogens (tertiary/aromatic N) is 6. The van der Waals surface area contributed by atoms with E-state index in [9.17, 15) is 14.9 Å². The number of rotatable bonds is 8. The van der Waals surface area contributed by atoms with E-state index in [1.54, 1.807) is 18.2 Å². The Morgan fingerprint density at radius 1 is 1.29 bits per heavy atom. The van der Waals surface area contributed by atoms with E-state index in [1.807, 2.05) is 0 Å². The van der Waals surface area contributed by atoms with Crippen LogP contribution in [0.3, 0.4) is 0 Å². The number of benzene rings is 2. The molecule has 1 amide bonds. The Labute approximate surface area is 158 Å². The number of azide groups is 1. The molecule has 2 aromatic carbocycles. The van der Waals surface area contributed by atoms with Gasteiger partial charge in [-0.2, -0.15) is 10.2 Å². The number of azo groups is 1. The molecule has 0 spiro atoms. The molecule has 12 heteroatoms. The standard InChI is InChI=1S/C16H15N7O5/c1-18-21-13-3-2-11(15(8-13)28-10-19-22-17)9-27-16(24)20-12-4-6-14(7-5-12)23(25)26/h2-8H,9-10H2,1H3,(H,20,24). The van der Waals surface area contributed by atoms with Gasteiger partial charge in [0.25, 0.3) is 5.69 Å². The highest BCUT2D eigenvalue weighted by Gasteiger charge is 2.10. The molecule has 0 atom stereocenters. The molecule has 0 aromatic heterocycles. The first-order valence-electron chi connectivity index (χ1n) is 7.78. The van der Waals surface area contributed by atoms with Crippen molar-refractivity contribution in [2.24, 2.45) is 15.3 Å². The molecule has 1 N–H and O–H groups in total. The number of nitrogens with one attached hydrogen (secondary N) is 1. The van der Waals surface area contributed by atoms with Crippen LogP contribution in [0.5, 0.6) is 5.75 Å². The van der Waals surface area contributed by atoms with Crippen molar-refractivity contribution in [3.8, 4) is 5.75 Å². The summed E-state index contributed by atoms with van der Waals surface area (Å²) in [6, 6.07) is 10.1. The van der Waals surface area contributed by atoms with Crippen LogP contribution in [0.4, 0.5) is 21.9 Å². The van der Waals surface area contributed by atoms with Crippen LogP contribution in [0, 0.1) is 10.1 Å². The highest BCUT2D eigenvalue weighted by atomic mass is 16.6. The summed E-state index contributed by atoms with van der Waals surface area (Å²) in [5.41, 5.74) is 9.62. The normalized spacial score (nSPS) is 10.2. The Morgan fingerprint density at radius 2 is 2.04 bits per heavy atom. The molecular weight excluding hydrogens is 370 g/mol. The van der Waals surface area contributed by atoms with Crippen LogP contribution in [-0.2, 0) is 11.3 Å². The second-order valence-corrected chi connectivity index (χ2v) is 5.10. The number of carbonyl (C=O) groups excluding carboxylic acids is 1. The van der Waals surface area contributed by atoms with E-state index in [2.05, 4.69) is 25.6 Å². The first-order valence-corrected chi connectivity index (χ1v) is 7.78. The summed E-state index contributed by atoms with van der Waals surface area (Å²) in [5, 5.41) is 23.9. The van der Waals surface area contributed by atoms with Crippen molar-refractivity contribution in [3.63, 3.8) is 0 Å². The second-order valence-electron chi connectivity index (χ2n) is 5.10. The van der Waals surface area contributed by atoms with Crippen molar-refractivity contribution in [2.45, 2.75) is 6.61 Å². The number of ether oxygens (including phenoxy) is 2. The van der Waals surface area contributed by atoms with Gasteiger partial charge in [-0.15, -0.1) is 0 Å². The van der Waals surface area contributed by atoms with Crippen molar-refractivity contribution >= 4 is 23.2 Å². The van der Waals surface area contributed by atoms with Crippen molar-refractivity contribution in [3.05, 3.63) is 68.6 Å². The summed E-state index contributed by atoms with van der Waals surface area (Å²) in [7, 11) is 1.51. The Bertz CT molecular complexity index is 923. The van der Waals surface area contributed by atoms with Gasteiger partial charge in [0.15, 0.2) is 6.73 Å². The number of hydrogen-bond donors (Lipinski definition) is 1. The molecule has 0 bridgehead atoms. The zero-order valence-corrected chi connectivity index (χ0v) is 14.7. The van der Waals surface area contributed by atoms with E-state index < -0.39 is 11.0 Å². The van der Waals surface area contributed by atoms with Crippen LogP contribution < -0.4 is 10.1 Å². The van der Waals surface area contributed by atoms with E-state index in [-0.39, 0.29) is 19.0 Å². The number of anilines is 1. The minimum absolute atomic E-state index is 0.0925. The van der Waals surface area contributed by atoms with Gasteiger partial charge in [0.05, 0.1) is 10.6 Å². The van der Waals surface area contributed by atoms with Gasteiger partial charge in [-0.25, -0.2) is 4.79 Å². The van der Waals surface area contributed by atoms with E-state index in [0.29, 0.717) is 22.7 Å². The summed E-state index contributed by atoms with van der Waals surface area (Å²) in [5.74, 6) is 0.320. The van der Waals surface area contributed by atoms with Crippen LogP contribution in [0.2, 0.25) is 0 Å². The maximum Gasteiger partial charge on any atom is 0.411 e. The maximum atomic E-state index is 11.9. The summed E-state index contributed by atoms with van der Waals surface area (Å²) < 4.78 is 10.5. The van der Waals surface area contributed by atoms with Crippen LogP contribution in [0.25, 0.3) is 10.4 Å². The summed E-state index contributed by atoms with van der Waals surface area (Å²) in [6.45, 7) is -0.376. The molecule has 2 rings (SSSR count). The largest absolute Gasteiger partial charge is 0.487 e. The molecule has 144 valence electrons. The minimum Gasteiger partial charge on any atom is -0.487 e. The number of non-ortho nitro benzene ring substituents is 1. The monoisotopic (exact) mass is 385 g/mol. The van der Waals surface area contributed by atoms with Gasteiger partial charge in [-0.3, -0.25) is 15.4 Å². The SMILES string of the molecule is CN=Nc1ccc(COC(=O)Nc2ccc([N+](=O)[O-])cc2)c(OCN=[N+]=[N-])c1. The lowest BCUT2D eigenvalue weighted by molar-refractivity contribution is -0.384. The Balaban J connectivity index is 2.02. The molecule has 12 nitrogen and oxygen atoms in total. The highest BCUT2D eigenvalue weighted by Crippen LogP contribution is 2.26. The molecule has 0 aliphatic rings. The molecule has 0 aliphatic carbocycles. The highest BCUT2D eigenvalue weighted by molar-refractivity contribution is 5.84. The third kappa shape index (κ3) is 5.97. The first kappa shape index (κ1) is 20.1. The van der Waals surface area contributed by atoms with Crippen molar-refractivity contribution in [2.75, 3.05) is 19.1 Å².